The quantitative estimate of drug-likeness (QED) is 0.172. The molecular formula is C20H46Br3N. The molecule has 0 fully saturated rings. The third kappa shape index (κ3) is 31.2. The molecule has 152 valence electrons. The number of hydrogen-bond acceptors (Lipinski definition) is 1. The molecule has 0 unspecified atom stereocenters. The van der Waals surface area contributed by atoms with Crippen molar-refractivity contribution in [2.75, 3.05) is 13.1 Å². The molecule has 0 aliphatic heterocycles. The largest absolute Gasteiger partial charge is 0.317 e. The summed E-state index contributed by atoms with van der Waals surface area (Å²) in [6, 6.07) is 0. The second-order valence-corrected chi connectivity index (χ2v) is 6.70. The normalized spacial score (nSPS) is 9.75. The van der Waals surface area contributed by atoms with E-state index in [4.69, 9.17) is 0 Å². The van der Waals surface area contributed by atoms with Gasteiger partial charge >= 0.3 is 0 Å². The maximum atomic E-state index is 3.58. The smallest absolute Gasteiger partial charge is 0.00489 e. The van der Waals surface area contributed by atoms with Gasteiger partial charge in [0.25, 0.3) is 0 Å². The Bertz CT molecular complexity index is 162. The molecule has 24 heavy (non-hydrogen) atoms. The van der Waals surface area contributed by atoms with Crippen LogP contribution in [0.3, 0.4) is 0 Å². The first-order valence-corrected chi connectivity index (χ1v) is 10.1. The van der Waals surface area contributed by atoms with Gasteiger partial charge in [0, 0.05) is 0 Å². The van der Waals surface area contributed by atoms with Crippen LogP contribution in [0.25, 0.3) is 0 Å². The van der Waals surface area contributed by atoms with Gasteiger partial charge < -0.3 is 5.32 Å². The molecule has 0 aliphatic carbocycles. The van der Waals surface area contributed by atoms with Crippen LogP contribution in [-0.4, -0.2) is 13.1 Å². The molecule has 0 radical (unpaired) electrons. The van der Waals surface area contributed by atoms with E-state index < -0.39 is 0 Å². The van der Waals surface area contributed by atoms with E-state index in [9.17, 15) is 0 Å². The SMILES string of the molecule is Br.Br.Br.CCCCCCCCCCCCCCNCCCCCC. The predicted molar refractivity (Wildman–Crippen MR) is 129 cm³/mol. The summed E-state index contributed by atoms with van der Waals surface area (Å²) >= 11 is 0. The van der Waals surface area contributed by atoms with Gasteiger partial charge in [-0.15, -0.1) is 50.9 Å². The highest BCUT2D eigenvalue weighted by Crippen LogP contribution is 2.11. The van der Waals surface area contributed by atoms with Crippen molar-refractivity contribution in [1.29, 1.82) is 0 Å². The Morgan fingerprint density at radius 3 is 0.958 bits per heavy atom. The molecule has 1 N–H and O–H groups in total. The molecule has 0 rings (SSSR count). The lowest BCUT2D eigenvalue weighted by atomic mass is 10.1. The van der Waals surface area contributed by atoms with Crippen LogP contribution < -0.4 is 5.32 Å². The zero-order valence-corrected chi connectivity index (χ0v) is 21.6. The number of unbranched alkanes of at least 4 members (excludes halogenated alkanes) is 14. The summed E-state index contributed by atoms with van der Waals surface area (Å²) in [4.78, 5) is 0. The van der Waals surface area contributed by atoms with Crippen LogP contribution >= 0.6 is 50.9 Å². The fraction of sp³-hybridized carbons (Fsp3) is 1.00. The van der Waals surface area contributed by atoms with Crippen molar-refractivity contribution in [1.82, 2.24) is 5.32 Å². The molecule has 4 heteroatoms. The Balaban J connectivity index is -0.000000667. The van der Waals surface area contributed by atoms with Gasteiger partial charge in [-0.25, -0.2) is 0 Å². The molecule has 0 bridgehead atoms. The summed E-state index contributed by atoms with van der Waals surface area (Å²) in [5, 5.41) is 3.58. The standard InChI is InChI=1S/C20H43N.3BrH/c1-3-5-7-9-10-11-12-13-14-15-16-18-20-21-19-17-8-6-4-2;;;/h21H,3-20H2,1-2H3;3*1H. The summed E-state index contributed by atoms with van der Waals surface area (Å²) < 4.78 is 0. The van der Waals surface area contributed by atoms with E-state index in [1.54, 1.807) is 0 Å². The molecule has 0 spiro atoms. The summed E-state index contributed by atoms with van der Waals surface area (Å²) in [5.41, 5.74) is 0. The summed E-state index contributed by atoms with van der Waals surface area (Å²) in [7, 11) is 0. The van der Waals surface area contributed by atoms with Gasteiger partial charge in [-0.3, -0.25) is 0 Å². The molecular weight excluding hydrogens is 494 g/mol. The Morgan fingerprint density at radius 2 is 0.625 bits per heavy atom. The van der Waals surface area contributed by atoms with Crippen molar-refractivity contribution in [3.63, 3.8) is 0 Å². The van der Waals surface area contributed by atoms with Gasteiger partial charge in [0.05, 0.1) is 0 Å². The zero-order chi connectivity index (χ0) is 15.4. The molecule has 1 nitrogen and oxygen atoms in total. The summed E-state index contributed by atoms with van der Waals surface area (Å²) in [5.74, 6) is 0. The molecule has 0 saturated carbocycles. The van der Waals surface area contributed by atoms with Crippen LogP contribution in [0, 0.1) is 0 Å². The fourth-order valence-corrected chi connectivity index (χ4v) is 2.89. The fourth-order valence-electron chi connectivity index (χ4n) is 2.89. The van der Waals surface area contributed by atoms with E-state index in [-0.39, 0.29) is 50.9 Å². The number of nitrogens with one attached hydrogen (secondary N) is 1. The van der Waals surface area contributed by atoms with Gasteiger partial charge in [0.2, 0.25) is 0 Å². The maximum Gasteiger partial charge on any atom is -0.00489 e. The van der Waals surface area contributed by atoms with Crippen LogP contribution in [0.2, 0.25) is 0 Å². The summed E-state index contributed by atoms with van der Waals surface area (Å²) in [6.45, 7) is 7.05. The average Bonchev–Trinajstić information content (AvgIpc) is 2.50. The molecule has 0 saturated heterocycles. The van der Waals surface area contributed by atoms with E-state index in [2.05, 4.69) is 19.2 Å². The minimum atomic E-state index is 0. The number of hydrogen-bond donors (Lipinski definition) is 1. The Kier molecular flexibility index (Phi) is 44.2. The molecule has 0 aliphatic rings. The van der Waals surface area contributed by atoms with E-state index in [1.165, 1.54) is 116 Å². The minimum Gasteiger partial charge on any atom is -0.317 e. The van der Waals surface area contributed by atoms with E-state index >= 15 is 0 Å². The van der Waals surface area contributed by atoms with E-state index in [0.717, 1.165) is 0 Å². The van der Waals surface area contributed by atoms with Crippen molar-refractivity contribution >= 4 is 50.9 Å². The Hall–Kier alpha value is 1.40. The molecule has 0 atom stereocenters. The monoisotopic (exact) mass is 537 g/mol. The van der Waals surface area contributed by atoms with Gasteiger partial charge in [-0.1, -0.05) is 104 Å². The van der Waals surface area contributed by atoms with E-state index in [0.29, 0.717) is 0 Å². The van der Waals surface area contributed by atoms with Crippen molar-refractivity contribution < 1.29 is 0 Å². The molecule has 0 heterocycles. The highest BCUT2D eigenvalue weighted by Gasteiger charge is 1.94. The van der Waals surface area contributed by atoms with Crippen molar-refractivity contribution in [3.05, 3.63) is 0 Å². The first-order valence-electron chi connectivity index (χ1n) is 10.1. The third-order valence-electron chi connectivity index (χ3n) is 4.41. The first-order chi connectivity index (χ1) is 10.4. The van der Waals surface area contributed by atoms with Gasteiger partial charge in [-0.2, -0.15) is 0 Å². The van der Waals surface area contributed by atoms with Gasteiger partial charge in [0.1, 0.15) is 0 Å². The number of halogens is 3. The van der Waals surface area contributed by atoms with Crippen LogP contribution in [0.4, 0.5) is 0 Å². The van der Waals surface area contributed by atoms with Crippen LogP contribution in [0.1, 0.15) is 117 Å². The third-order valence-corrected chi connectivity index (χ3v) is 4.41. The lowest BCUT2D eigenvalue weighted by Gasteiger charge is -2.05. The van der Waals surface area contributed by atoms with Crippen molar-refractivity contribution in [2.24, 2.45) is 0 Å². The van der Waals surface area contributed by atoms with Crippen LogP contribution in [0.5, 0.6) is 0 Å². The van der Waals surface area contributed by atoms with Crippen LogP contribution in [0.15, 0.2) is 0 Å². The highest BCUT2D eigenvalue weighted by atomic mass is 79.9. The molecule has 0 aromatic carbocycles. The Morgan fingerprint density at radius 1 is 0.375 bits per heavy atom. The molecule has 0 aromatic rings. The topological polar surface area (TPSA) is 12.0 Å². The average molecular weight is 540 g/mol. The Labute approximate surface area is 185 Å². The molecule has 0 aromatic heterocycles. The van der Waals surface area contributed by atoms with Gasteiger partial charge in [-0.05, 0) is 25.9 Å². The summed E-state index contributed by atoms with van der Waals surface area (Å²) in [6.07, 6.45) is 22.9. The predicted octanol–water partition coefficient (Wildman–Crippen LogP) is 8.59. The van der Waals surface area contributed by atoms with Crippen molar-refractivity contribution in [3.8, 4) is 0 Å². The van der Waals surface area contributed by atoms with Gasteiger partial charge in [0.15, 0.2) is 0 Å². The highest BCUT2D eigenvalue weighted by molar-refractivity contribution is 8.93. The minimum absolute atomic E-state index is 0. The zero-order valence-electron chi connectivity index (χ0n) is 16.5. The van der Waals surface area contributed by atoms with Crippen molar-refractivity contribution in [2.45, 2.75) is 117 Å². The second kappa shape index (κ2) is 32.1. The maximum absolute atomic E-state index is 3.58. The second-order valence-electron chi connectivity index (χ2n) is 6.70. The first kappa shape index (κ1) is 33.0. The lowest BCUT2D eigenvalue weighted by Crippen LogP contribution is -2.16. The lowest BCUT2D eigenvalue weighted by molar-refractivity contribution is 0.530. The van der Waals surface area contributed by atoms with E-state index in [1.807, 2.05) is 0 Å². The molecule has 0 amide bonds. The van der Waals surface area contributed by atoms with Crippen LogP contribution in [-0.2, 0) is 0 Å². The number of rotatable bonds is 18.